The summed E-state index contributed by atoms with van der Waals surface area (Å²) in [5.74, 6) is -0.270. The van der Waals surface area contributed by atoms with Crippen molar-refractivity contribution in [2.75, 3.05) is 0 Å². The molecule has 20 heavy (non-hydrogen) atoms. The molecule has 0 aliphatic rings. The Bertz CT molecular complexity index is 612. The van der Waals surface area contributed by atoms with Gasteiger partial charge in [0, 0.05) is 17.7 Å². The largest absolute Gasteiger partial charge is 0.298 e. The van der Waals surface area contributed by atoms with Crippen LogP contribution in [0.5, 0.6) is 0 Å². The summed E-state index contributed by atoms with van der Waals surface area (Å²) in [6.45, 7) is 7.99. The first-order chi connectivity index (χ1) is 9.36. The molecule has 0 amide bonds. The quantitative estimate of drug-likeness (QED) is 0.796. The lowest BCUT2D eigenvalue weighted by Gasteiger charge is -2.24. The first kappa shape index (κ1) is 14.4. The zero-order chi connectivity index (χ0) is 14.9. The molecule has 3 nitrogen and oxygen atoms in total. The standard InChI is InChI=1S/C16H19FN2O/c1-11(2)19-9-12(10-20)15(18-19)16(3,4)13-5-7-14(17)8-6-13/h5-11H,1-4H3. The van der Waals surface area contributed by atoms with Gasteiger partial charge < -0.3 is 0 Å². The van der Waals surface area contributed by atoms with E-state index in [9.17, 15) is 9.18 Å². The minimum Gasteiger partial charge on any atom is -0.298 e. The predicted molar refractivity (Wildman–Crippen MR) is 76.5 cm³/mol. The Morgan fingerprint density at radius 3 is 2.35 bits per heavy atom. The van der Waals surface area contributed by atoms with Gasteiger partial charge in [0.15, 0.2) is 6.29 Å². The lowest BCUT2D eigenvalue weighted by Crippen LogP contribution is -2.22. The molecule has 0 aliphatic heterocycles. The van der Waals surface area contributed by atoms with E-state index >= 15 is 0 Å². The van der Waals surface area contributed by atoms with Crippen molar-refractivity contribution in [3.63, 3.8) is 0 Å². The average Bonchev–Trinajstić information content (AvgIpc) is 2.84. The molecular weight excluding hydrogens is 255 g/mol. The third kappa shape index (κ3) is 2.50. The van der Waals surface area contributed by atoms with E-state index in [0.717, 1.165) is 11.8 Å². The smallest absolute Gasteiger partial charge is 0.153 e. The molecule has 0 bridgehead atoms. The lowest BCUT2D eigenvalue weighted by atomic mass is 9.80. The van der Waals surface area contributed by atoms with Crippen molar-refractivity contribution in [3.8, 4) is 0 Å². The SMILES string of the molecule is CC(C)n1cc(C=O)c(C(C)(C)c2ccc(F)cc2)n1. The predicted octanol–water partition coefficient (Wildman–Crippen LogP) is 3.74. The van der Waals surface area contributed by atoms with Gasteiger partial charge in [-0.2, -0.15) is 5.10 Å². The lowest BCUT2D eigenvalue weighted by molar-refractivity contribution is 0.112. The first-order valence-electron chi connectivity index (χ1n) is 6.67. The fraction of sp³-hybridized carbons (Fsp3) is 0.375. The van der Waals surface area contributed by atoms with E-state index in [0.29, 0.717) is 11.3 Å². The van der Waals surface area contributed by atoms with Crippen LogP contribution in [0.15, 0.2) is 30.5 Å². The Morgan fingerprint density at radius 2 is 1.85 bits per heavy atom. The number of carbonyl (C=O) groups excluding carboxylic acids is 1. The second-order valence-corrected chi connectivity index (χ2v) is 5.76. The number of rotatable bonds is 4. The summed E-state index contributed by atoms with van der Waals surface area (Å²) >= 11 is 0. The van der Waals surface area contributed by atoms with Crippen molar-refractivity contribution < 1.29 is 9.18 Å². The molecule has 106 valence electrons. The van der Waals surface area contributed by atoms with Gasteiger partial charge in [-0.05, 0) is 31.5 Å². The zero-order valence-electron chi connectivity index (χ0n) is 12.2. The minimum atomic E-state index is -0.454. The number of nitrogens with zero attached hydrogens (tertiary/aromatic N) is 2. The molecule has 0 atom stereocenters. The second kappa shape index (κ2) is 5.19. The normalized spacial score (nSPS) is 11.9. The highest BCUT2D eigenvalue weighted by atomic mass is 19.1. The number of hydrogen-bond donors (Lipinski definition) is 0. The molecule has 0 unspecified atom stereocenters. The molecule has 0 radical (unpaired) electrons. The molecule has 0 aliphatic carbocycles. The van der Waals surface area contributed by atoms with E-state index < -0.39 is 5.41 Å². The molecule has 1 aromatic heterocycles. The molecule has 1 heterocycles. The van der Waals surface area contributed by atoms with Gasteiger partial charge in [-0.15, -0.1) is 0 Å². The van der Waals surface area contributed by atoms with E-state index in [2.05, 4.69) is 5.10 Å². The van der Waals surface area contributed by atoms with Crippen LogP contribution in [0.3, 0.4) is 0 Å². The number of aromatic nitrogens is 2. The summed E-state index contributed by atoms with van der Waals surface area (Å²) in [4.78, 5) is 11.3. The van der Waals surface area contributed by atoms with Crippen LogP contribution in [0.4, 0.5) is 4.39 Å². The van der Waals surface area contributed by atoms with Gasteiger partial charge in [0.2, 0.25) is 0 Å². The number of benzene rings is 1. The average molecular weight is 274 g/mol. The number of carbonyl (C=O) groups is 1. The van der Waals surface area contributed by atoms with E-state index in [1.807, 2.05) is 27.7 Å². The van der Waals surface area contributed by atoms with Crippen molar-refractivity contribution in [3.05, 3.63) is 53.1 Å². The van der Waals surface area contributed by atoms with Crippen LogP contribution in [0, 0.1) is 5.82 Å². The Hall–Kier alpha value is -1.97. The summed E-state index contributed by atoms with van der Waals surface area (Å²) in [5, 5.41) is 4.54. The molecule has 0 spiro atoms. The maximum atomic E-state index is 13.1. The third-order valence-electron chi connectivity index (χ3n) is 3.57. The summed E-state index contributed by atoms with van der Waals surface area (Å²) in [7, 11) is 0. The van der Waals surface area contributed by atoms with E-state index in [4.69, 9.17) is 0 Å². The highest BCUT2D eigenvalue weighted by Gasteiger charge is 2.29. The molecule has 2 aromatic rings. The topological polar surface area (TPSA) is 34.9 Å². The van der Waals surface area contributed by atoms with Crippen LogP contribution in [-0.2, 0) is 5.41 Å². The van der Waals surface area contributed by atoms with Gasteiger partial charge >= 0.3 is 0 Å². The third-order valence-corrected chi connectivity index (χ3v) is 3.57. The molecule has 1 aromatic carbocycles. The molecular formula is C16H19FN2O. The summed E-state index contributed by atoms with van der Waals surface area (Å²) in [6, 6.07) is 6.51. The Kier molecular flexibility index (Phi) is 3.75. The van der Waals surface area contributed by atoms with Crippen LogP contribution in [0.1, 0.15) is 55.4 Å². The fourth-order valence-electron chi connectivity index (χ4n) is 2.25. The molecule has 0 N–H and O–H groups in total. The van der Waals surface area contributed by atoms with Gasteiger partial charge in [-0.1, -0.05) is 26.0 Å². The molecule has 0 saturated carbocycles. The van der Waals surface area contributed by atoms with Gasteiger partial charge in [0.1, 0.15) is 5.82 Å². The molecule has 2 rings (SSSR count). The van der Waals surface area contributed by atoms with E-state index in [-0.39, 0.29) is 11.9 Å². The second-order valence-electron chi connectivity index (χ2n) is 5.76. The van der Waals surface area contributed by atoms with Crippen LogP contribution in [0.25, 0.3) is 0 Å². The maximum absolute atomic E-state index is 13.1. The number of halogens is 1. The van der Waals surface area contributed by atoms with Gasteiger partial charge in [-0.3, -0.25) is 9.48 Å². The first-order valence-corrected chi connectivity index (χ1v) is 6.67. The van der Waals surface area contributed by atoms with Crippen LogP contribution >= 0.6 is 0 Å². The maximum Gasteiger partial charge on any atom is 0.153 e. The van der Waals surface area contributed by atoms with Crippen molar-refractivity contribution in [2.24, 2.45) is 0 Å². The van der Waals surface area contributed by atoms with Crippen LogP contribution in [0.2, 0.25) is 0 Å². The van der Waals surface area contributed by atoms with Crippen molar-refractivity contribution in [2.45, 2.75) is 39.2 Å². The van der Waals surface area contributed by atoms with E-state index in [1.165, 1.54) is 12.1 Å². The molecule has 0 fully saturated rings. The zero-order valence-corrected chi connectivity index (χ0v) is 12.2. The number of aldehydes is 1. The van der Waals surface area contributed by atoms with E-state index in [1.54, 1.807) is 23.0 Å². The van der Waals surface area contributed by atoms with Crippen LogP contribution < -0.4 is 0 Å². The van der Waals surface area contributed by atoms with Gasteiger partial charge in [-0.25, -0.2) is 4.39 Å². The van der Waals surface area contributed by atoms with Crippen molar-refractivity contribution in [1.82, 2.24) is 9.78 Å². The highest BCUT2D eigenvalue weighted by Crippen LogP contribution is 2.32. The summed E-state index contributed by atoms with van der Waals surface area (Å²) in [5.41, 5.74) is 1.77. The summed E-state index contributed by atoms with van der Waals surface area (Å²) in [6.07, 6.45) is 2.59. The Morgan fingerprint density at radius 1 is 1.25 bits per heavy atom. The minimum absolute atomic E-state index is 0.187. The van der Waals surface area contributed by atoms with Crippen molar-refractivity contribution in [1.29, 1.82) is 0 Å². The fourth-order valence-corrected chi connectivity index (χ4v) is 2.25. The van der Waals surface area contributed by atoms with Gasteiger partial charge in [0.25, 0.3) is 0 Å². The Labute approximate surface area is 118 Å². The highest BCUT2D eigenvalue weighted by molar-refractivity contribution is 5.77. The Balaban J connectivity index is 2.52. The molecule has 4 heteroatoms. The monoisotopic (exact) mass is 274 g/mol. The molecule has 0 saturated heterocycles. The van der Waals surface area contributed by atoms with Gasteiger partial charge in [0.05, 0.1) is 11.3 Å². The summed E-state index contributed by atoms with van der Waals surface area (Å²) < 4.78 is 14.8. The number of hydrogen-bond acceptors (Lipinski definition) is 2. The van der Waals surface area contributed by atoms with Crippen LogP contribution in [-0.4, -0.2) is 16.1 Å². The van der Waals surface area contributed by atoms with Crippen molar-refractivity contribution >= 4 is 6.29 Å².